The van der Waals surface area contributed by atoms with Crippen LogP contribution < -0.4 is 0 Å². The first-order valence-corrected chi connectivity index (χ1v) is 5.35. The van der Waals surface area contributed by atoms with Gasteiger partial charge < -0.3 is 0 Å². The smallest absolute Gasteiger partial charge is 0.223 e. The molecule has 0 unspecified atom stereocenters. The number of benzene rings is 1. The summed E-state index contributed by atoms with van der Waals surface area (Å²) in [6.45, 7) is 3.79. The topological polar surface area (TPSA) is 43.6 Å². The Morgan fingerprint density at radius 1 is 1.11 bits per heavy atom. The highest BCUT2D eigenvalue weighted by molar-refractivity contribution is 5.55. The minimum atomic E-state index is -4.33. The molecule has 0 N–H and O–H groups in total. The highest BCUT2D eigenvalue weighted by atomic mass is 19.4. The zero-order valence-corrected chi connectivity index (χ0v) is 9.81. The average molecular weight is 256 g/mol. The van der Waals surface area contributed by atoms with Gasteiger partial charge in [0.05, 0.1) is 11.6 Å². The van der Waals surface area contributed by atoms with Gasteiger partial charge >= 0.3 is 6.18 Å². The Hall–Kier alpha value is -1.92. The zero-order chi connectivity index (χ0) is 13.3. The second kappa shape index (κ2) is 4.40. The summed E-state index contributed by atoms with van der Waals surface area (Å²) in [5.41, 5.74) is -0.128. The van der Waals surface area contributed by atoms with Crippen molar-refractivity contribution < 1.29 is 13.2 Å². The molecule has 0 amide bonds. The number of rotatable bonds is 2. The highest BCUT2D eigenvalue weighted by Gasteiger charge is 2.30. The number of tetrazole rings is 1. The maximum Gasteiger partial charge on any atom is 0.416 e. The molecule has 7 heteroatoms. The van der Waals surface area contributed by atoms with Crippen LogP contribution in [0.5, 0.6) is 0 Å². The lowest BCUT2D eigenvalue weighted by atomic mass is 10.1. The van der Waals surface area contributed by atoms with E-state index in [1.165, 1.54) is 12.1 Å². The van der Waals surface area contributed by atoms with Crippen molar-refractivity contribution in [2.75, 3.05) is 0 Å². The average Bonchev–Trinajstić information content (AvgIpc) is 2.77. The Balaban J connectivity index is 2.38. The maximum atomic E-state index is 12.4. The van der Waals surface area contributed by atoms with Crippen LogP contribution in [0.25, 0.3) is 11.4 Å². The van der Waals surface area contributed by atoms with Crippen LogP contribution in [0.4, 0.5) is 13.2 Å². The van der Waals surface area contributed by atoms with Gasteiger partial charge in [-0.1, -0.05) is 12.1 Å². The van der Waals surface area contributed by atoms with Gasteiger partial charge in [0.1, 0.15) is 0 Å². The van der Waals surface area contributed by atoms with Crippen molar-refractivity contribution in [2.45, 2.75) is 26.1 Å². The van der Waals surface area contributed by atoms with Crippen LogP contribution in [0, 0.1) is 0 Å². The van der Waals surface area contributed by atoms with Crippen molar-refractivity contribution in [3.8, 4) is 11.4 Å². The Labute approximate surface area is 101 Å². The molecule has 2 rings (SSSR count). The van der Waals surface area contributed by atoms with E-state index in [4.69, 9.17) is 0 Å². The Morgan fingerprint density at radius 2 is 1.72 bits per heavy atom. The summed E-state index contributed by atoms with van der Waals surface area (Å²) in [6.07, 6.45) is -4.33. The van der Waals surface area contributed by atoms with E-state index >= 15 is 0 Å². The van der Waals surface area contributed by atoms with Crippen molar-refractivity contribution in [1.29, 1.82) is 0 Å². The molecule has 0 bridgehead atoms. The second-order valence-corrected chi connectivity index (χ2v) is 4.12. The lowest BCUT2D eigenvalue weighted by Crippen LogP contribution is -2.06. The quantitative estimate of drug-likeness (QED) is 0.829. The monoisotopic (exact) mass is 256 g/mol. The molecule has 4 nitrogen and oxygen atoms in total. The van der Waals surface area contributed by atoms with Gasteiger partial charge in [-0.25, -0.2) is 4.68 Å². The zero-order valence-electron chi connectivity index (χ0n) is 9.81. The molecule has 96 valence electrons. The predicted molar refractivity (Wildman–Crippen MR) is 58.6 cm³/mol. The summed E-state index contributed by atoms with van der Waals surface area (Å²) in [5, 5.41) is 11.1. The second-order valence-electron chi connectivity index (χ2n) is 4.12. The van der Waals surface area contributed by atoms with Gasteiger partial charge in [-0.05, 0) is 36.4 Å². The molecule has 0 saturated carbocycles. The molecule has 0 aliphatic carbocycles. The van der Waals surface area contributed by atoms with Gasteiger partial charge in [-0.2, -0.15) is 13.2 Å². The van der Waals surface area contributed by atoms with E-state index in [1.54, 1.807) is 4.68 Å². The van der Waals surface area contributed by atoms with Crippen LogP contribution in [-0.4, -0.2) is 20.2 Å². The van der Waals surface area contributed by atoms with E-state index in [9.17, 15) is 13.2 Å². The van der Waals surface area contributed by atoms with Gasteiger partial charge in [-0.3, -0.25) is 0 Å². The summed E-state index contributed by atoms with van der Waals surface area (Å²) in [6, 6.07) is 4.82. The number of halogens is 3. The summed E-state index contributed by atoms with van der Waals surface area (Å²) >= 11 is 0. The molecule has 0 aliphatic heterocycles. The SMILES string of the molecule is CC(C)n1nnnc1-c1ccc(C(F)(F)F)cc1. The molecular weight excluding hydrogens is 245 g/mol. The van der Waals surface area contributed by atoms with E-state index < -0.39 is 11.7 Å². The number of alkyl halides is 3. The fourth-order valence-electron chi connectivity index (χ4n) is 1.54. The van der Waals surface area contributed by atoms with Crippen molar-refractivity contribution in [3.63, 3.8) is 0 Å². The maximum absolute atomic E-state index is 12.4. The summed E-state index contributed by atoms with van der Waals surface area (Å²) in [7, 11) is 0. The fraction of sp³-hybridized carbons (Fsp3) is 0.364. The number of hydrogen-bond donors (Lipinski definition) is 0. The lowest BCUT2D eigenvalue weighted by molar-refractivity contribution is -0.137. The minimum absolute atomic E-state index is 0.0392. The van der Waals surface area contributed by atoms with Gasteiger partial charge in [0, 0.05) is 5.56 Å². The summed E-state index contributed by atoms with van der Waals surface area (Å²) in [4.78, 5) is 0. The van der Waals surface area contributed by atoms with E-state index in [0.29, 0.717) is 11.4 Å². The van der Waals surface area contributed by atoms with E-state index in [1.807, 2.05) is 13.8 Å². The first-order valence-electron chi connectivity index (χ1n) is 5.35. The fourth-order valence-corrected chi connectivity index (χ4v) is 1.54. The molecule has 1 heterocycles. The number of hydrogen-bond acceptors (Lipinski definition) is 3. The third kappa shape index (κ3) is 2.34. The minimum Gasteiger partial charge on any atom is -0.223 e. The highest BCUT2D eigenvalue weighted by Crippen LogP contribution is 2.30. The first kappa shape index (κ1) is 12.5. The number of nitrogens with zero attached hydrogens (tertiary/aromatic N) is 4. The van der Waals surface area contributed by atoms with Crippen LogP contribution in [0.3, 0.4) is 0 Å². The molecule has 0 saturated heterocycles. The van der Waals surface area contributed by atoms with Gasteiger partial charge in [-0.15, -0.1) is 5.10 Å². The van der Waals surface area contributed by atoms with E-state index in [0.717, 1.165) is 12.1 Å². The first-order chi connectivity index (χ1) is 8.39. The molecule has 0 fully saturated rings. The third-order valence-electron chi connectivity index (χ3n) is 2.45. The molecular formula is C11H11F3N4. The molecule has 0 atom stereocenters. The van der Waals surface area contributed by atoms with Crippen molar-refractivity contribution in [2.24, 2.45) is 0 Å². The van der Waals surface area contributed by atoms with E-state index in [2.05, 4.69) is 15.5 Å². The Morgan fingerprint density at radius 3 is 2.22 bits per heavy atom. The Bertz CT molecular complexity index is 528. The van der Waals surface area contributed by atoms with Crippen molar-refractivity contribution in [3.05, 3.63) is 29.8 Å². The van der Waals surface area contributed by atoms with Crippen molar-refractivity contribution in [1.82, 2.24) is 20.2 Å². The molecule has 0 radical (unpaired) electrons. The number of aromatic nitrogens is 4. The molecule has 1 aromatic heterocycles. The molecule has 2 aromatic rings. The van der Waals surface area contributed by atoms with Gasteiger partial charge in [0.2, 0.25) is 0 Å². The lowest BCUT2D eigenvalue weighted by Gasteiger charge is -2.09. The standard InChI is InChI=1S/C11H11F3N4/c1-7(2)18-10(15-16-17-18)8-3-5-9(6-4-8)11(12,13)14/h3-7H,1-2H3. The van der Waals surface area contributed by atoms with Crippen LogP contribution in [0.2, 0.25) is 0 Å². The molecule has 0 aliphatic rings. The van der Waals surface area contributed by atoms with Crippen molar-refractivity contribution >= 4 is 0 Å². The van der Waals surface area contributed by atoms with Crippen LogP contribution >= 0.6 is 0 Å². The predicted octanol–water partition coefficient (Wildman–Crippen LogP) is 2.94. The summed E-state index contributed by atoms with van der Waals surface area (Å²) in [5.74, 6) is 0.457. The van der Waals surface area contributed by atoms with Gasteiger partial charge in [0.25, 0.3) is 0 Å². The molecule has 1 aromatic carbocycles. The third-order valence-corrected chi connectivity index (χ3v) is 2.45. The summed E-state index contributed by atoms with van der Waals surface area (Å²) < 4.78 is 38.8. The largest absolute Gasteiger partial charge is 0.416 e. The Kier molecular flexibility index (Phi) is 3.06. The van der Waals surface area contributed by atoms with Crippen LogP contribution in [0.1, 0.15) is 25.5 Å². The molecule has 0 spiro atoms. The van der Waals surface area contributed by atoms with Crippen LogP contribution in [-0.2, 0) is 6.18 Å². The van der Waals surface area contributed by atoms with E-state index in [-0.39, 0.29) is 6.04 Å². The van der Waals surface area contributed by atoms with Crippen LogP contribution in [0.15, 0.2) is 24.3 Å². The normalized spacial score (nSPS) is 12.1. The molecule has 18 heavy (non-hydrogen) atoms. The van der Waals surface area contributed by atoms with Gasteiger partial charge in [0.15, 0.2) is 5.82 Å².